The predicted molar refractivity (Wildman–Crippen MR) is 120 cm³/mol. The van der Waals surface area contributed by atoms with Crippen LogP contribution in [0, 0.1) is 0 Å². The van der Waals surface area contributed by atoms with Gasteiger partial charge in [0.05, 0.1) is 13.2 Å². The van der Waals surface area contributed by atoms with E-state index in [1.54, 1.807) is 0 Å². The van der Waals surface area contributed by atoms with E-state index in [0.717, 1.165) is 63.1 Å². The molecule has 0 radical (unpaired) electrons. The predicted octanol–water partition coefficient (Wildman–Crippen LogP) is 1.83. The second kappa shape index (κ2) is 13.3. The van der Waals surface area contributed by atoms with Crippen molar-refractivity contribution in [2.75, 3.05) is 72.6 Å². The van der Waals surface area contributed by atoms with Gasteiger partial charge in [0.25, 0.3) is 0 Å². The van der Waals surface area contributed by atoms with E-state index in [0.29, 0.717) is 13.2 Å². The van der Waals surface area contributed by atoms with Crippen molar-refractivity contribution in [3.63, 3.8) is 0 Å². The highest BCUT2D eigenvalue weighted by Gasteiger charge is 2.14. The van der Waals surface area contributed by atoms with Crippen molar-refractivity contribution >= 4 is 5.96 Å². The summed E-state index contributed by atoms with van der Waals surface area (Å²) in [6.45, 7) is 16.1. The number of piperazine rings is 1. The zero-order valence-electron chi connectivity index (χ0n) is 18.7. The van der Waals surface area contributed by atoms with E-state index in [9.17, 15) is 0 Å². The van der Waals surface area contributed by atoms with Gasteiger partial charge in [-0.05, 0) is 44.5 Å². The third kappa shape index (κ3) is 8.11. The first-order valence-corrected chi connectivity index (χ1v) is 11.0. The minimum absolute atomic E-state index is 0.631. The topological polar surface area (TPSA) is 61.4 Å². The lowest BCUT2D eigenvalue weighted by atomic mass is 10.1. The van der Waals surface area contributed by atoms with Crippen LogP contribution < -0.4 is 20.1 Å². The Labute approximate surface area is 176 Å². The average Bonchev–Trinajstić information content (AvgIpc) is 2.75. The van der Waals surface area contributed by atoms with E-state index in [1.165, 1.54) is 18.7 Å². The maximum atomic E-state index is 5.71. The van der Waals surface area contributed by atoms with Gasteiger partial charge in [-0.2, -0.15) is 0 Å². The first-order valence-electron chi connectivity index (χ1n) is 11.0. The van der Waals surface area contributed by atoms with Gasteiger partial charge in [-0.25, -0.2) is 0 Å². The molecule has 1 aliphatic rings. The van der Waals surface area contributed by atoms with E-state index >= 15 is 0 Å². The summed E-state index contributed by atoms with van der Waals surface area (Å²) in [6.07, 6.45) is 0.895. The Kier molecular flexibility index (Phi) is 10.7. The summed E-state index contributed by atoms with van der Waals surface area (Å²) >= 11 is 0. The molecule has 0 aliphatic carbocycles. The molecule has 0 amide bonds. The van der Waals surface area contributed by atoms with Gasteiger partial charge in [0.2, 0.25) is 0 Å². The van der Waals surface area contributed by atoms with Crippen molar-refractivity contribution in [2.24, 2.45) is 4.99 Å². The molecule has 2 rings (SSSR count). The fourth-order valence-electron chi connectivity index (χ4n) is 3.46. The highest BCUT2D eigenvalue weighted by molar-refractivity contribution is 5.79. The molecule has 0 atom stereocenters. The molecule has 1 fully saturated rings. The number of hydrogen-bond acceptors (Lipinski definition) is 5. The quantitative estimate of drug-likeness (QED) is 0.433. The van der Waals surface area contributed by atoms with Crippen LogP contribution in [0.2, 0.25) is 0 Å². The molecule has 7 heteroatoms. The van der Waals surface area contributed by atoms with Gasteiger partial charge in [-0.3, -0.25) is 9.89 Å². The molecule has 29 heavy (non-hydrogen) atoms. The number of nitrogens with one attached hydrogen (secondary N) is 2. The highest BCUT2D eigenvalue weighted by atomic mass is 16.5. The fraction of sp³-hybridized carbons (Fsp3) is 0.682. The molecule has 2 N–H and O–H groups in total. The van der Waals surface area contributed by atoms with E-state index < -0.39 is 0 Å². The summed E-state index contributed by atoms with van der Waals surface area (Å²) in [7, 11) is 1.82. The van der Waals surface area contributed by atoms with Gasteiger partial charge in [-0.1, -0.05) is 13.0 Å². The third-order valence-electron chi connectivity index (χ3n) is 5.17. The largest absolute Gasteiger partial charge is 0.490 e. The Balaban J connectivity index is 1.70. The molecule has 1 heterocycles. The van der Waals surface area contributed by atoms with Crippen LogP contribution in [-0.4, -0.2) is 88.4 Å². The van der Waals surface area contributed by atoms with Crippen molar-refractivity contribution in [3.8, 4) is 11.5 Å². The zero-order chi connectivity index (χ0) is 20.9. The third-order valence-corrected chi connectivity index (χ3v) is 5.17. The smallest absolute Gasteiger partial charge is 0.191 e. The van der Waals surface area contributed by atoms with E-state index in [4.69, 9.17) is 9.47 Å². The first kappa shape index (κ1) is 23.3. The second-order valence-electron chi connectivity index (χ2n) is 7.10. The van der Waals surface area contributed by atoms with Crippen LogP contribution in [0.25, 0.3) is 0 Å². The molecule has 1 aromatic rings. The summed E-state index contributed by atoms with van der Waals surface area (Å²) in [6, 6.07) is 6.17. The van der Waals surface area contributed by atoms with Crippen molar-refractivity contribution < 1.29 is 9.47 Å². The van der Waals surface area contributed by atoms with Gasteiger partial charge in [0.15, 0.2) is 17.5 Å². The summed E-state index contributed by atoms with van der Waals surface area (Å²) in [4.78, 5) is 9.35. The van der Waals surface area contributed by atoms with Crippen LogP contribution in [0.4, 0.5) is 0 Å². The van der Waals surface area contributed by atoms with Crippen LogP contribution in [0.15, 0.2) is 23.2 Å². The molecule has 1 aromatic carbocycles. The Morgan fingerprint density at radius 2 is 1.59 bits per heavy atom. The molecule has 1 aliphatic heterocycles. The van der Waals surface area contributed by atoms with Gasteiger partial charge in [-0.15, -0.1) is 0 Å². The molecular formula is C22H39N5O2. The average molecular weight is 406 g/mol. The normalized spacial score (nSPS) is 15.9. The lowest BCUT2D eigenvalue weighted by Gasteiger charge is -2.34. The number of ether oxygens (including phenoxy) is 2. The standard InChI is InChI=1S/C22H39N5O2/c1-5-26-14-16-27(17-15-26)13-12-25-22(23-4)24-11-10-19-8-9-20(28-6-2)21(18-19)29-7-3/h8-9,18H,5-7,10-17H2,1-4H3,(H2,23,24,25). The maximum absolute atomic E-state index is 5.71. The SMILES string of the molecule is CCOc1ccc(CCNC(=NC)NCCN2CCN(CC)CC2)cc1OCC. The molecule has 0 spiro atoms. The number of aliphatic imine (C=N–C) groups is 1. The summed E-state index contributed by atoms with van der Waals surface area (Å²) in [5.41, 5.74) is 1.22. The molecule has 0 bridgehead atoms. The number of guanidine groups is 1. The van der Waals surface area contributed by atoms with E-state index in [2.05, 4.69) is 44.5 Å². The minimum Gasteiger partial charge on any atom is -0.490 e. The minimum atomic E-state index is 0.631. The van der Waals surface area contributed by atoms with Crippen LogP contribution >= 0.6 is 0 Å². The van der Waals surface area contributed by atoms with E-state index in [1.807, 2.05) is 27.0 Å². The van der Waals surface area contributed by atoms with Gasteiger partial charge in [0.1, 0.15) is 0 Å². The highest BCUT2D eigenvalue weighted by Crippen LogP contribution is 2.28. The van der Waals surface area contributed by atoms with Crippen LogP contribution in [0.1, 0.15) is 26.3 Å². The number of nitrogens with zero attached hydrogens (tertiary/aromatic N) is 3. The lowest BCUT2D eigenvalue weighted by molar-refractivity contribution is 0.139. The number of benzene rings is 1. The van der Waals surface area contributed by atoms with Crippen molar-refractivity contribution in [3.05, 3.63) is 23.8 Å². The molecule has 0 aromatic heterocycles. The molecule has 7 nitrogen and oxygen atoms in total. The Morgan fingerprint density at radius 3 is 2.24 bits per heavy atom. The van der Waals surface area contributed by atoms with Crippen molar-refractivity contribution in [1.29, 1.82) is 0 Å². The van der Waals surface area contributed by atoms with Crippen LogP contribution in [-0.2, 0) is 6.42 Å². The van der Waals surface area contributed by atoms with Gasteiger partial charge < -0.3 is 25.0 Å². The fourth-order valence-corrected chi connectivity index (χ4v) is 3.46. The summed E-state index contributed by atoms with van der Waals surface area (Å²) in [5, 5.41) is 6.83. The number of likely N-dealkylation sites (N-methyl/N-ethyl adjacent to an activating group) is 1. The maximum Gasteiger partial charge on any atom is 0.191 e. The monoisotopic (exact) mass is 405 g/mol. The number of rotatable bonds is 11. The van der Waals surface area contributed by atoms with Crippen molar-refractivity contribution in [1.82, 2.24) is 20.4 Å². The molecular weight excluding hydrogens is 366 g/mol. The van der Waals surface area contributed by atoms with Crippen molar-refractivity contribution in [2.45, 2.75) is 27.2 Å². The Bertz CT molecular complexity index is 615. The first-order chi connectivity index (χ1) is 14.2. The molecule has 1 saturated heterocycles. The van der Waals surface area contributed by atoms with E-state index in [-0.39, 0.29) is 0 Å². The zero-order valence-corrected chi connectivity index (χ0v) is 18.7. The lowest BCUT2D eigenvalue weighted by Crippen LogP contribution is -2.49. The molecule has 0 unspecified atom stereocenters. The summed E-state index contributed by atoms with van der Waals surface area (Å²) < 4.78 is 11.3. The second-order valence-corrected chi connectivity index (χ2v) is 7.10. The number of hydrogen-bond donors (Lipinski definition) is 2. The van der Waals surface area contributed by atoms with Gasteiger partial charge >= 0.3 is 0 Å². The summed E-state index contributed by atoms with van der Waals surface area (Å²) in [5.74, 6) is 2.48. The Hall–Kier alpha value is -1.99. The van der Waals surface area contributed by atoms with Crippen LogP contribution in [0.3, 0.4) is 0 Å². The van der Waals surface area contributed by atoms with Gasteiger partial charge in [0, 0.05) is 52.9 Å². The molecule has 164 valence electrons. The molecule has 0 saturated carbocycles. The van der Waals surface area contributed by atoms with Crippen LogP contribution in [0.5, 0.6) is 11.5 Å². The Morgan fingerprint density at radius 1 is 0.931 bits per heavy atom.